The lowest BCUT2D eigenvalue weighted by molar-refractivity contribution is 0.0992. The molecule has 3 rings (SSSR count). The second kappa shape index (κ2) is 8.13. The Morgan fingerprint density at radius 1 is 1.11 bits per heavy atom. The van der Waals surface area contributed by atoms with Crippen molar-refractivity contribution in [2.45, 2.75) is 65.3 Å². The molecule has 0 unspecified atom stereocenters. The summed E-state index contributed by atoms with van der Waals surface area (Å²) in [7, 11) is 0. The number of hydrogen-bond donors (Lipinski definition) is 1. The van der Waals surface area contributed by atoms with Crippen molar-refractivity contribution in [3.63, 3.8) is 0 Å². The summed E-state index contributed by atoms with van der Waals surface area (Å²) in [6.45, 7) is 10.8. The van der Waals surface area contributed by atoms with Crippen LogP contribution in [-0.4, -0.2) is 26.4 Å². The molecule has 1 N–H and O–H groups in total. The molecule has 1 aromatic carbocycles. The molecule has 0 spiro atoms. The molecule has 0 aliphatic heterocycles. The van der Waals surface area contributed by atoms with Crippen LogP contribution in [0.1, 0.15) is 69.1 Å². The van der Waals surface area contributed by atoms with E-state index in [2.05, 4.69) is 50.0 Å². The molecule has 0 saturated carbocycles. The third-order valence-electron chi connectivity index (χ3n) is 5.16. The second-order valence-electron chi connectivity index (χ2n) is 8.32. The number of rotatable bonds is 7. The van der Waals surface area contributed by atoms with E-state index in [9.17, 15) is 4.79 Å². The van der Waals surface area contributed by atoms with Crippen molar-refractivity contribution in [3.8, 4) is 0 Å². The predicted octanol–water partition coefficient (Wildman–Crippen LogP) is 5.05. The van der Waals surface area contributed by atoms with Crippen LogP contribution in [0.4, 0.5) is 5.82 Å². The molecule has 0 aliphatic carbocycles. The lowest BCUT2D eigenvalue weighted by Gasteiger charge is -2.19. The van der Waals surface area contributed by atoms with Crippen LogP contribution in [0.5, 0.6) is 0 Å². The fourth-order valence-corrected chi connectivity index (χ4v) is 3.28. The quantitative estimate of drug-likeness (QED) is 0.584. The van der Waals surface area contributed by atoms with Crippen LogP contribution in [0.2, 0.25) is 0 Å². The van der Waals surface area contributed by atoms with Gasteiger partial charge in [-0.3, -0.25) is 4.79 Å². The normalized spacial score (nSPS) is 11.9. The number of carbonyl (C=O) groups is 1. The van der Waals surface area contributed by atoms with Crippen molar-refractivity contribution in [3.05, 3.63) is 59.4 Å². The van der Waals surface area contributed by atoms with Gasteiger partial charge in [0.25, 0.3) is 0 Å². The molecule has 5 nitrogen and oxygen atoms in total. The fraction of sp³-hybridized carbons (Fsp3) is 0.435. The molecule has 0 radical (unpaired) electrons. The van der Waals surface area contributed by atoms with E-state index in [0.29, 0.717) is 6.04 Å². The van der Waals surface area contributed by atoms with Crippen LogP contribution < -0.4 is 5.32 Å². The monoisotopic (exact) mass is 378 g/mol. The number of nitrogens with one attached hydrogen (secondary N) is 1. The Labute approximate surface area is 167 Å². The van der Waals surface area contributed by atoms with Gasteiger partial charge in [0, 0.05) is 23.7 Å². The fourth-order valence-electron chi connectivity index (χ4n) is 3.28. The Bertz CT molecular complexity index is 947. The number of carbonyl (C=O) groups excluding carboxylic acids is 1. The van der Waals surface area contributed by atoms with Gasteiger partial charge >= 0.3 is 0 Å². The first-order chi connectivity index (χ1) is 13.3. The molecule has 5 heteroatoms. The van der Waals surface area contributed by atoms with Gasteiger partial charge in [-0.15, -0.1) is 0 Å². The highest BCUT2D eigenvalue weighted by Crippen LogP contribution is 2.23. The summed E-state index contributed by atoms with van der Waals surface area (Å²) >= 11 is 0. The topological polar surface area (TPSA) is 59.3 Å². The predicted molar refractivity (Wildman–Crippen MR) is 114 cm³/mol. The summed E-state index contributed by atoms with van der Waals surface area (Å²) in [4.78, 5) is 17.4. The van der Waals surface area contributed by atoms with Crippen molar-refractivity contribution in [1.82, 2.24) is 14.6 Å². The van der Waals surface area contributed by atoms with E-state index in [1.165, 1.54) is 5.56 Å². The maximum atomic E-state index is 12.8. The van der Waals surface area contributed by atoms with Crippen molar-refractivity contribution in [2.24, 2.45) is 0 Å². The van der Waals surface area contributed by atoms with E-state index in [1.54, 1.807) is 10.7 Å². The molecular formula is C23H30N4O. The van der Waals surface area contributed by atoms with Crippen LogP contribution in [0, 0.1) is 0 Å². The van der Waals surface area contributed by atoms with Gasteiger partial charge in [-0.2, -0.15) is 9.61 Å². The lowest BCUT2D eigenvalue weighted by atomic mass is 9.86. The summed E-state index contributed by atoms with van der Waals surface area (Å²) in [5.74, 6) is 0.958. The molecule has 28 heavy (non-hydrogen) atoms. The number of anilines is 1. The maximum absolute atomic E-state index is 12.8. The Morgan fingerprint density at radius 2 is 1.79 bits per heavy atom. The summed E-state index contributed by atoms with van der Waals surface area (Å²) in [5, 5.41) is 7.89. The smallest absolute Gasteiger partial charge is 0.168 e. The minimum atomic E-state index is 0.0744. The number of Topliss-reactive ketones (excluding diaryl/α,β-unsaturated/α-hetero) is 1. The van der Waals surface area contributed by atoms with E-state index < -0.39 is 0 Å². The largest absolute Gasteiger partial charge is 0.367 e. The highest BCUT2D eigenvalue weighted by Gasteiger charge is 2.16. The highest BCUT2D eigenvalue weighted by atomic mass is 16.1. The summed E-state index contributed by atoms with van der Waals surface area (Å²) in [5.41, 5.74) is 3.52. The van der Waals surface area contributed by atoms with Gasteiger partial charge in [0.2, 0.25) is 0 Å². The standard InChI is InChI=1S/C23H30N4O/c1-6-18(7-2)25-22-15-19(26-21-12-13-24-27(21)22)14-20(28)16-8-10-17(11-9-16)23(3,4)5/h8-13,15,18,25H,6-7,14H2,1-5H3. The zero-order valence-corrected chi connectivity index (χ0v) is 17.5. The van der Waals surface area contributed by atoms with Gasteiger partial charge in [0.1, 0.15) is 5.82 Å². The molecule has 2 aromatic heterocycles. The first-order valence-electron chi connectivity index (χ1n) is 10.1. The molecule has 0 atom stereocenters. The Hall–Kier alpha value is -2.69. The average molecular weight is 379 g/mol. The summed E-state index contributed by atoms with van der Waals surface area (Å²) in [6.07, 6.45) is 4.05. The van der Waals surface area contributed by atoms with Crippen molar-refractivity contribution in [1.29, 1.82) is 0 Å². The van der Waals surface area contributed by atoms with Crippen molar-refractivity contribution >= 4 is 17.2 Å². The van der Waals surface area contributed by atoms with E-state index in [1.807, 2.05) is 36.4 Å². The van der Waals surface area contributed by atoms with Gasteiger partial charge in [0.05, 0.1) is 18.3 Å². The van der Waals surface area contributed by atoms with E-state index >= 15 is 0 Å². The van der Waals surface area contributed by atoms with Crippen LogP contribution in [-0.2, 0) is 11.8 Å². The number of aromatic nitrogens is 3. The SMILES string of the molecule is CCC(CC)Nc1cc(CC(=O)c2ccc(C(C)(C)C)cc2)nc2ccnn12. The molecular weight excluding hydrogens is 348 g/mol. The van der Waals surface area contributed by atoms with Gasteiger partial charge in [-0.25, -0.2) is 4.98 Å². The minimum absolute atomic E-state index is 0.0744. The number of benzene rings is 1. The Morgan fingerprint density at radius 3 is 2.39 bits per heavy atom. The first kappa shape index (κ1) is 20.1. The number of nitrogens with zero attached hydrogens (tertiary/aromatic N) is 3. The lowest BCUT2D eigenvalue weighted by Crippen LogP contribution is -2.20. The Balaban J connectivity index is 1.84. The van der Waals surface area contributed by atoms with Gasteiger partial charge in [-0.05, 0) is 23.8 Å². The van der Waals surface area contributed by atoms with Crippen LogP contribution >= 0.6 is 0 Å². The first-order valence-corrected chi connectivity index (χ1v) is 10.1. The van der Waals surface area contributed by atoms with Crippen LogP contribution in [0.3, 0.4) is 0 Å². The molecule has 0 bridgehead atoms. The molecule has 0 saturated heterocycles. The Kier molecular flexibility index (Phi) is 5.82. The number of ketones is 1. The van der Waals surface area contributed by atoms with E-state index in [0.717, 1.165) is 35.6 Å². The van der Waals surface area contributed by atoms with Gasteiger partial charge in [-0.1, -0.05) is 58.9 Å². The highest BCUT2D eigenvalue weighted by molar-refractivity contribution is 5.97. The number of hydrogen-bond acceptors (Lipinski definition) is 4. The third kappa shape index (κ3) is 4.41. The summed E-state index contributed by atoms with van der Waals surface area (Å²) in [6, 6.07) is 12.1. The van der Waals surface area contributed by atoms with E-state index in [4.69, 9.17) is 0 Å². The molecule has 0 amide bonds. The summed E-state index contributed by atoms with van der Waals surface area (Å²) < 4.78 is 1.80. The second-order valence-corrected chi connectivity index (χ2v) is 8.32. The van der Waals surface area contributed by atoms with Crippen molar-refractivity contribution < 1.29 is 4.79 Å². The minimum Gasteiger partial charge on any atom is -0.367 e. The maximum Gasteiger partial charge on any atom is 0.168 e. The van der Waals surface area contributed by atoms with Crippen LogP contribution in [0.25, 0.3) is 5.65 Å². The molecule has 3 aromatic rings. The molecule has 0 fully saturated rings. The third-order valence-corrected chi connectivity index (χ3v) is 5.16. The van der Waals surface area contributed by atoms with Gasteiger partial charge < -0.3 is 5.32 Å². The van der Waals surface area contributed by atoms with Crippen LogP contribution in [0.15, 0.2) is 42.6 Å². The zero-order chi connectivity index (χ0) is 20.3. The number of fused-ring (bicyclic) bond motifs is 1. The van der Waals surface area contributed by atoms with E-state index in [-0.39, 0.29) is 17.6 Å². The zero-order valence-electron chi connectivity index (χ0n) is 17.5. The molecule has 0 aliphatic rings. The molecule has 148 valence electrons. The molecule has 2 heterocycles. The van der Waals surface area contributed by atoms with Gasteiger partial charge in [0.15, 0.2) is 11.4 Å². The van der Waals surface area contributed by atoms with Crippen molar-refractivity contribution in [2.75, 3.05) is 5.32 Å². The average Bonchev–Trinajstić information content (AvgIpc) is 3.14.